The quantitative estimate of drug-likeness (QED) is 0.401. The first-order chi connectivity index (χ1) is 15.0. The number of aryl methyl sites for hydroxylation is 2. The van der Waals surface area contributed by atoms with E-state index in [4.69, 9.17) is 4.74 Å². The predicted molar refractivity (Wildman–Crippen MR) is 127 cm³/mol. The third kappa shape index (κ3) is 4.72. The van der Waals surface area contributed by atoms with E-state index >= 15 is 0 Å². The molecule has 0 atom stereocenters. The topological polar surface area (TPSA) is 43.3 Å². The Hall–Kier alpha value is -3.31. The Morgan fingerprint density at radius 1 is 1.03 bits per heavy atom. The fourth-order valence-electron chi connectivity index (χ4n) is 3.74. The number of nitrogens with one attached hydrogen (secondary N) is 1. The van der Waals surface area contributed by atoms with Crippen molar-refractivity contribution >= 4 is 17.2 Å². The van der Waals surface area contributed by atoms with Gasteiger partial charge in [-0.2, -0.15) is 0 Å². The fraction of sp³-hybridized carbons (Fsp3) is 0.192. The number of aromatic nitrogens is 1. The second-order valence-corrected chi connectivity index (χ2v) is 8.67. The third-order valence-corrected chi connectivity index (χ3v) is 6.21. The van der Waals surface area contributed by atoms with Crippen LogP contribution in [-0.4, -0.2) is 17.6 Å². The summed E-state index contributed by atoms with van der Waals surface area (Å²) in [6.07, 6.45) is 2.07. The monoisotopic (exact) mass is 430 g/mol. The number of amides is 1. The minimum Gasteiger partial charge on any atom is -0.497 e. The van der Waals surface area contributed by atoms with E-state index in [-0.39, 0.29) is 5.91 Å². The number of rotatable bonds is 7. The van der Waals surface area contributed by atoms with Crippen LogP contribution in [0.3, 0.4) is 0 Å². The van der Waals surface area contributed by atoms with E-state index in [2.05, 4.69) is 54.2 Å². The minimum atomic E-state index is -0.0643. The SMILES string of the molecule is COc1ccc(Cn2cc(C)c(-c3ccc(C)cc3)c2C(=O)NCc2cccs2)cc1. The summed E-state index contributed by atoms with van der Waals surface area (Å²) < 4.78 is 7.32. The molecule has 0 radical (unpaired) electrons. The molecule has 0 fully saturated rings. The zero-order valence-corrected chi connectivity index (χ0v) is 18.8. The molecule has 31 heavy (non-hydrogen) atoms. The van der Waals surface area contributed by atoms with Gasteiger partial charge in [0.25, 0.3) is 5.91 Å². The summed E-state index contributed by atoms with van der Waals surface area (Å²) in [5.74, 6) is 0.757. The van der Waals surface area contributed by atoms with Gasteiger partial charge < -0.3 is 14.6 Å². The molecule has 1 amide bonds. The van der Waals surface area contributed by atoms with Crippen molar-refractivity contribution in [3.63, 3.8) is 0 Å². The van der Waals surface area contributed by atoms with Crippen LogP contribution < -0.4 is 10.1 Å². The predicted octanol–water partition coefficient (Wildman–Crippen LogP) is 5.82. The molecule has 0 unspecified atom stereocenters. The molecule has 5 heteroatoms. The summed E-state index contributed by atoms with van der Waals surface area (Å²) in [6, 6.07) is 20.4. The normalized spacial score (nSPS) is 10.8. The minimum absolute atomic E-state index is 0.0643. The zero-order valence-electron chi connectivity index (χ0n) is 18.0. The van der Waals surface area contributed by atoms with Gasteiger partial charge in [0.15, 0.2) is 0 Å². The Labute approximate surface area is 187 Å². The lowest BCUT2D eigenvalue weighted by molar-refractivity contribution is 0.0943. The summed E-state index contributed by atoms with van der Waals surface area (Å²) in [5.41, 5.74) is 6.11. The highest BCUT2D eigenvalue weighted by molar-refractivity contribution is 7.09. The van der Waals surface area contributed by atoms with Crippen molar-refractivity contribution in [2.24, 2.45) is 0 Å². The first-order valence-electron chi connectivity index (χ1n) is 10.3. The molecule has 1 N–H and O–H groups in total. The largest absolute Gasteiger partial charge is 0.497 e. The third-order valence-electron chi connectivity index (χ3n) is 5.34. The number of hydrogen-bond acceptors (Lipinski definition) is 3. The van der Waals surface area contributed by atoms with Crippen molar-refractivity contribution in [1.29, 1.82) is 0 Å². The van der Waals surface area contributed by atoms with Crippen molar-refractivity contribution in [3.05, 3.63) is 99.5 Å². The Kier molecular flexibility index (Phi) is 6.23. The van der Waals surface area contributed by atoms with Crippen LogP contribution in [0.4, 0.5) is 0 Å². The molecule has 0 aliphatic heterocycles. The number of methoxy groups -OCH3 is 1. The molecule has 2 aromatic heterocycles. The summed E-state index contributed by atoms with van der Waals surface area (Å²) in [5, 5.41) is 5.13. The van der Waals surface area contributed by atoms with Gasteiger partial charge in [-0.05, 0) is 54.1 Å². The van der Waals surface area contributed by atoms with Crippen LogP contribution in [0, 0.1) is 13.8 Å². The maximum atomic E-state index is 13.4. The second kappa shape index (κ2) is 9.23. The van der Waals surface area contributed by atoms with Crippen LogP contribution in [-0.2, 0) is 13.1 Å². The van der Waals surface area contributed by atoms with E-state index < -0.39 is 0 Å². The molecular weight excluding hydrogens is 404 g/mol. The van der Waals surface area contributed by atoms with E-state index in [1.54, 1.807) is 18.4 Å². The standard InChI is InChI=1S/C26H26N2O2S/c1-18-6-10-21(11-7-18)24-19(2)16-28(17-20-8-12-22(30-3)13-9-20)25(24)26(29)27-15-23-5-4-14-31-23/h4-14,16H,15,17H2,1-3H3,(H,27,29). The van der Waals surface area contributed by atoms with E-state index in [9.17, 15) is 4.79 Å². The molecule has 4 nitrogen and oxygen atoms in total. The number of thiophene rings is 1. The summed E-state index contributed by atoms with van der Waals surface area (Å²) >= 11 is 1.64. The van der Waals surface area contributed by atoms with Crippen LogP contribution in [0.15, 0.2) is 72.2 Å². The second-order valence-electron chi connectivity index (χ2n) is 7.64. The molecule has 2 aromatic carbocycles. The smallest absolute Gasteiger partial charge is 0.268 e. The van der Waals surface area contributed by atoms with Gasteiger partial charge in [0.2, 0.25) is 0 Å². The van der Waals surface area contributed by atoms with Gasteiger partial charge in [-0.1, -0.05) is 48.0 Å². The number of ether oxygens (including phenoxy) is 1. The van der Waals surface area contributed by atoms with Crippen molar-refractivity contribution in [2.75, 3.05) is 7.11 Å². The molecule has 0 aliphatic rings. The molecular formula is C26H26N2O2S. The Balaban J connectivity index is 1.71. The number of carbonyl (C=O) groups is 1. The van der Waals surface area contributed by atoms with Crippen LogP contribution in [0.2, 0.25) is 0 Å². The lowest BCUT2D eigenvalue weighted by atomic mass is 10.0. The lowest BCUT2D eigenvalue weighted by Gasteiger charge is -2.13. The first-order valence-corrected chi connectivity index (χ1v) is 11.1. The molecule has 0 spiro atoms. The molecule has 0 aliphatic carbocycles. The van der Waals surface area contributed by atoms with Gasteiger partial charge in [0.1, 0.15) is 11.4 Å². The number of carbonyl (C=O) groups excluding carboxylic acids is 1. The average Bonchev–Trinajstić information content (AvgIpc) is 3.41. The van der Waals surface area contributed by atoms with Crippen LogP contribution in [0.25, 0.3) is 11.1 Å². The molecule has 2 heterocycles. The van der Waals surface area contributed by atoms with Gasteiger partial charge in [0.05, 0.1) is 13.7 Å². The van der Waals surface area contributed by atoms with E-state index in [0.29, 0.717) is 18.8 Å². The summed E-state index contributed by atoms with van der Waals surface area (Å²) in [7, 11) is 1.66. The molecule has 0 saturated carbocycles. The molecule has 4 aromatic rings. The maximum Gasteiger partial charge on any atom is 0.268 e. The maximum absolute atomic E-state index is 13.4. The van der Waals surface area contributed by atoms with Crippen molar-refractivity contribution in [2.45, 2.75) is 26.9 Å². The highest BCUT2D eigenvalue weighted by Gasteiger charge is 2.21. The Morgan fingerprint density at radius 2 is 1.77 bits per heavy atom. The van der Waals surface area contributed by atoms with Crippen LogP contribution >= 0.6 is 11.3 Å². The number of nitrogens with zero attached hydrogens (tertiary/aromatic N) is 1. The highest BCUT2D eigenvalue weighted by Crippen LogP contribution is 2.30. The van der Waals surface area contributed by atoms with Gasteiger partial charge in [0, 0.05) is 23.2 Å². The number of hydrogen-bond donors (Lipinski definition) is 1. The Morgan fingerprint density at radius 3 is 2.42 bits per heavy atom. The highest BCUT2D eigenvalue weighted by atomic mass is 32.1. The molecule has 158 valence electrons. The number of benzene rings is 2. The van der Waals surface area contributed by atoms with Gasteiger partial charge in [-0.3, -0.25) is 4.79 Å². The van der Waals surface area contributed by atoms with Crippen molar-refractivity contribution < 1.29 is 9.53 Å². The average molecular weight is 431 g/mol. The summed E-state index contributed by atoms with van der Waals surface area (Å²) in [4.78, 5) is 14.5. The zero-order chi connectivity index (χ0) is 21.8. The van der Waals surface area contributed by atoms with Gasteiger partial charge in [-0.15, -0.1) is 11.3 Å². The molecule has 0 saturated heterocycles. The van der Waals surface area contributed by atoms with E-state index in [0.717, 1.165) is 32.9 Å². The fourth-order valence-corrected chi connectivity index (χ4v) is 4.38. The van der Waals surface area contributed by atoms with Crippen molar-refractivity contribution in [1.82, 2.24) is 9.88 Å². The van der Waals surface area contributed by atoms with E-state index in [1.165, 1.54) is 5.56 Å². The van der Waals surface area contributed by atoms with Crippen LogP contribution in [0.5, 0.6) is 5.75 Å². The summed E-state index contributed by atoms with van der Waals surface area (Å²) in [6.45, 7) is 5.27. The van der Waals surface area contributed by atoms with Crippen LogP contribution in [0.1, 0.15) is 32.1 Å². The molecule has 0 bridgehead atoms. The van der Waals surface area contributed by atoms with E-state index in [1.807, 2.05) is 41.8 Å². The van der Waals surface area contributed by atoms with Gasteiger partial charge >= 0.3 is 0 Å². The first kappa shape index (κ1) is 20.9. The van der Waals surface area contributed by atoms with Gasteiger partial charge in [-0.25, -0.2) is 0 Å². The molecule has 4 rings (SSSR count). The Bertz CT molecular complexity index is 1160. The van der Waals surface area contributed by atoms with Crippen molar-refractivity contribution in [3.8, 4) is 16.9 Å². The lowest BCUT2D eigenvalue weighted by Crippen LogP contribution is -2.26.